The van der Waals surface area contributed by atoms with Crippen molar-refractivity contribution < 1.29 is 4.74 Å². The Labute approximate surface area is 118 Å². The predicted molar refractivity (Wildman–Crippen MR) is 79.5 cm³/mol. The van der Waals surface area contributed by atoms with Gasteiger partial charge in [-0.05, 0) is 44.7 Å². The van der Waals surface area contributed by atoms with E-state index in [2.05, 4.69) is 0 Å². The molecule has 0 amide bonds. The van der Waals surface area contributed by atoms with E-state index in [1.165, 1.54) is 0 Å². The highest BCUT2D eigenvalue weighted by Crippen LogP contribution is 2.17. The zero-order valence-electron chi connectivity index (χ0n) is 11.2. The smallest absolute Gasteiger partial charge is 0.260 e. The fraction of sp³-hybridized carbons (Fsp3) is 0.571. The molecule has 0 bridgehead atoms. The van der Waals surface area contributed by atoms with Crippen LogP contribution in [0.3, 0.4) is 0 Å². The Morgan fingerprint density at radius 3 is 3.00 bits per heavy atom. The van der Waals surface area contributed by atoms with Crippen molar-refractivity contribution >= 4 is 17.2 Å². The monoisotopic (exact) mass is 280 g/mol. The molecule has 1 fully saturated rings. The van der Waals surface area contributed by atoms with E-state index in [1.807, 2.05) is 13.0 Å². The molecule has 5 heteroatoms. The van der Waals surface area contributed by atoms with E-state index in [1.54, 1.807) is 10.6 Å². The number of aryl methyl sites for hydroxylation is 1. The SMILES string of the molecule is Cc1ccc(C(N)=S)c(=O)n1CCCC1CCCO1. The maximum absolute atomic E-state index is 12.2. The second-order valence-electron chi connectivity index (χ2n) is 4.99. The summed E-state index contributed by atoms with van der Waals surface area (Å²) in [6, 6.07) is 3.60. The van der Waals surface area contributed by atoms with Gasteiger partial charge in [0, 0.05) is 18.8 Å². The molecular weight excluding hydrogens is 260 g/mol. The third-order valence-electron chi connectivity index (χ3n) is 3.59. The first-order valence-electron chi connectivity index (χ1n) is 6.71. The lowest BCUT2D eigenvalue weighted by atomic mass is 10.1. The van der Waals surface area contributed by atoms with Crippen LogP contribution in [-0.4, -0.2) is 22.3 Å². The van der Waals surface area contributed by atoms with Crippen LogP contribution >= 0.6 is 12.2 Å². The van der Waals surface area contributed by atoms with Crippen molar-refractivity contribution in [1.82, 2.24) is 4.57 Å². The molecule has 1 aromatic heterocycles. The maximum Gasteiger partial charge on any atom is 0.260 e. The van der Waals surface area contributed by atoms with Crippen LogP contribution in [-0.2, 0) is 11.3 Å². The standard InChI is InChI=1S/C14H20N2O2S/c1-10-6-7-12(13(15)19)14(17)16(10)8-2-4-11-5-3-9-18-11/h6-7,11H,2-5,8-9H2,1H3,(H2,15,19). The molecule has 1 atom stereocenters. The minimum absolute atomic E-state index is 0.0835. The summed E-state index contributed by atoms with van der Waals surface area (Å²) in [5.41, 5.74) is 6.85. The van der Waals surface area contributed by atoms with Crippen LogP contribution in [0.25, 0.3) is 0 Å². The van der Waals surface area contributed by atoms with Gasteiger partial charge in [0.1, 0.15) is 4.99 Å². The minimum Gasteiger partial charge on any atom is -0.389 e. The van der Waals surface area contributed by atoms with Gasteiger partial charge in [-0.3, -0.25) is 4.79 Å². The van der Waals surface area contributed by atoms with Gasteiger partial charge in [0.25, 0.3) is 5.56 Å². The molecule has 104 valence electrons. The Balaban J connectivity index is 2.04. The molecule has 2 rings (SSSR count). The quantitative estimate of drug-likeness (QED) is 0.835. The van der Waals surface area contributed by atoms with Crippen LogP contribution in [0, 0.1) is 6.92 Å². The summed E-state index contributed by atoms with van der Waals surface area (Å²) < 4.78 is 7.34. The highest BCUT2D eigenvalue weighted by atomic mass is 32.1. The number of thiocarbonyl (C=S) groups is 1. The summed E-state index contributed by atoms with van der Waals surface area (Å²) >= 11 is 4.90. The van der Waals surface area contributed by atoms with E-state index in [4.69, 9.17) is 22.7 Å². The third-order valence-corrected chi connectivity index (χ3v) is 3.81. The third kappa shape index (κ3) is 3.42. The van der Waals surface area contributed by atoms with Crippen molar-refractivity contribution in [1.29, 1.82) is 0 Å². The summed E-state index contributed by atoms with van der Waals surface area (Å²) in [5, 5.41) is 0. The molecule has 19 heavy (non-hydrogen) atoms. The summed E-state index contributed by atoms with van der Waals surface area (Å²) in [7, 11) is 0. The molecular formula is C14H20N2O2S. The van der Waals surface area contributed by atoms with Crippen molar-refractivity contribution in [3.63, 3.8) is 0 Å². The first-order valence-corrected chi connectivity index (χ1v) is 7.12. The van der Waals surface area contributed by atoms with Gasteiger partial charge in [-0.15, -0.1) is 0 Å². The second-order valence-corrected chi connectivity index (χ2v) is 5.43. The lowest BCUT2D eigenvalue weighted by Crippen LogP contribution is -2.30. The highest BCUT2D eigenvalue weighted by molar-refractivity contribution is 7.80. The zero-order chi connectivity index (χ0) is 13.8. The lowest BCUT2D eigenvalue weighted by molar-refractivity contribution is 0.101. The lowest BCUT2D eigenvalue weighted by Gasteiger charge is -2.13. The first kappa shape index (κ1) is 14.2. The fourth-order valence-corrected chi connectivity index (χ4v) is 2.64. The molecule has 0 radical (unpaired) electrons. The maximum atomic E-state index is 12.2. The summed E-state index contributed by atoms with van der Waals surface area (Å²) in [5.74, 6) is 0. The van der Waals surface area contributed by atoms with E-state index in [0.717, 1.165) is 38.0 Å². The normalized spacial score (nSPS) is 18.7. The Morgan fingerprint density at radius 2 is 2.37 bits per heavy atom. The van der Waals surface area contributed by atoms with Crippen LogP contribution in [0.2, 0.25) is 0 Å². The second kappa shape index (κ2) is 6.30. The van der Waals surface area contributed by atoms with Gasteiger partial charge in [-0.1, -0.05) is 12.2 Å². The van der Waals surface area contributed by atoms with Crippen LogP contribution < -0.4 is 11.3 Å². The van der Waals surface area contributed by atoms with E-state index < -0.39 is 0 Å². The van der Waals surface area contributed by atoms with Gasteiger partial charge < -0.3 is 15.0 Å². The minimum atomic E-state index is -0.0835. The average molecular weight is 280 g/mol. The molecule has 1 aromatic rings. The van der Waals surface area contributed by atoms with Gasteiger partial charge >= 0.3 is 0 Å². The Bertz CT molecular complexity index is 519. The molecule has 4 nitrogen and oxygen atoms in total. The summed E-state index contributed by atoms with van der Waals surface area (Å²) in [4.78, 5) is 12.4. The summed E-state index contributed by atoms with van der Waals surface area (Å²) in [6.45, 7) is 3.50. The van der Waals surface area contributed by atoms with Crippen LogP contribution in [0.5, 0.6) is 0 Å². The van der Waals surface area contributed by atoms with Crippen molar-refractivity contribution in [3.05, 3.63) is 33.7 Å². The Kier molecular flexibility index (Phi) is 4.71. The molecule has 2 N–H and O–H groups in total. The van der Waals surface area contributed by atoms with Crippen molar-refractivity contribution in [2.45, 2.75) is 45.3 Å². The van der Waals surface area contributed by atoms with E-state index in [0.29, 0.717) is 18.2 Å². The highest BCUT2D eigenvalue weighted by Gasteiger charge is 2.15. The van der Waals surface area contributed by atoms with E-state index in [9.17, 15) is 4.79 Å². The number of hydrogen-bond acceptors (Lipinski definition) is 3. The summed E-state index contributed by atoms with van der Waals surface area (Å²) in [6.07, 6.45) is 4.60. The van der Waals surface area contributed by atoms with Crippen LogP contribution in [0.1, 0.15) is 36.9 Å². The number of rotatable bonds is 5. The van der Waals surface area contributed by atoms with E-state index in [-0.39, 0.29) is 10.5 Å². The topological polar surface area (TPSA) is 57.2 Å². The van der Waals surface area contributed by atoms with Gasteiger partial charge in [-0.2, -0.15) is 0 Å². The van der Waals surface area contributed by atoms with Crippen molar-refractivity contribution in [2.24, 2.45) is 5.73 Å². The molecule has 0 aromatic carbocycles. The molecule has 1 unspecified atom stereocenters. The molecule has 0 saturated carbocycles. The molecule has 0 spiro atoms. The van der Waals surface area contributed by atoms with Gasteiger partial charge in [0.2, 0.25) is 0 Å². The fourth-order valence-electron chi connectivity index (χ4n) is 2.49. The zero-order valence-corrected chi connectivity index (χ0v) is 12.0. The van der Waals surface area contributed by atoms with Crippen molar-refractivity contribution in [3.8, 4) is 0 Å². The number of hydrogen-bond donors (Lipinski definition) is 1. The molecule has 1 saturated heterocycles. The van der Waals surface area contributed by atoms with Gasteiger partial charge in [-0.25, -0.2) is 0 Å². The number of pyridine rings is 1. The Morgan fingerprint density at radius 1 is 1.58 bits per heavy atom. The molecule has 1 aliphatic rings. The average Bonchev–Trinajstić information content (AvgIpc) is 2.86. The first-order chi connectivity index (χ1) is 9.09. The Hall–Kier alpha value is -1.20. The van der Waals surface area contributed by atoms with Gasteiger partial charge in [0.15, 0.2) is 0 Å². The molecule has 0 aliphatic carbocycles. The number of aromatic nitrogens is 1. The predicted octanol–water partition coefficient (Wildman–Crippen LogP) is 1.75. The van der Waals surface area contributed by atoms with Crippen LogP contribution in [0.15, 0.2) is 16.9 Å². The molecule has 1 aliphatic heterocycles. The van der Waals surface area contributed by atoms with Crippen LogP contribution in [0.4, 0.5) is 0 Å². The number of nitrogens with two attached hydrogens (primary N) is 1. The molecule has 2 heterocycles. The van der Waals surface area contributed by atoms with Crippen molar-refractivity contribution in [2.75, 3.05) is 6.61 Å². The largest absolute Gasteiger partial charge is 0.389 e. The van der Waals surface area contributed by atoms with Gasteiger partial charge in [0.05, 0.1) is 11.7 Å². The van der Waals surface area contributed by atoms with E-state index >= 15 is 0 Å². The number of ether oxygens (including phenoxy) is 1. The number of nitrogens with zero attached hydrogens (tertiary/aromatic N) is 1.